The van der Waals surface area contributed by atoms with Gasteiger partial charge in [0.05, 0.1) is 24.5 Å². The molecule has 0 spiro atoms. The highest BCUT2D eigenvalue weighted by Crippen LogP contribution is 2.22. The van der Waals surface area contributed by atoms with Crippen LogP contribution in [0.5, 0.6) is 0 Å². The van der Waals surface area contributed by atoms with Gasteiger partial charge in [0.2, 0.25) is 5.91 Å². The molecule has 7 nitrogen and oxygen atoms in total. The number of oxime groups is 1. The van der Waals surface area contributed by atoms with Crippen LogP contribution in [0, 0.1) is 11.3 Å². The van der Waals surface area contributed by atoms with Crippen molar-refractivity contribution in [1.82, 2.24) is 15.2 Å². The molecule has 9 heteroatoms. The van der Waals surface area contributed by atoms with Gasteiger partial charge < -0.3 is 15.1 Å². The zero-order valence-electron chi connectivity index (χ0n) is 15.7. The molecule has 2 heterocycles. The summed E-state index contributed by atoms with van der Waals surface area (Å²) in [5.74, 6) is 0.0346. The van der Waals surface area contributed by atoms with Crippen molar-refractivity contribution < 1.29 is 9.63 Å². The fraction of sp³-hybridized carbons (Fsp3) is 0.579. The number of hydrogen-bond donors (Lipinski definition) is 1. The Morgan fingerprint density at radius 1 is 1.32 bits per heavy atom. The van der Waals surface area contributed by atoms with Crippen LogP contribution in [-0.2, 0) is 9.63 Å². The van der Waals surface area contributed by atoms with Gasteiger partial charge in [-0.3, -0.25) is 9.78 Å². The lowest BCUT2D eigenvalue weighted by Crippen LogP contribution is -2.44. The Bertz CT molecular complexity index is 660. The molecule has 1 amide bonds. The predicted octanol–water partition coefficient (Wildman–Crippen LogP) is 2.69. The van der Waals surface area contributed by atoms with E-state index >= 15 is 0 Å². The second-order valence-electron chi connectivity index (χ2n) is 6.82. The second-order valence-corrected chi connectivity index (χ2v) is 6.82. The fourth-order valence-corrected chi connectivity index (χ4v) is 3.53. The van der Waals surface area contributed by atoms with Gasteiger partial charge in [-0.15, -0.1) is 24.8 Å². The first-order valence-electron chi connectivity index (χ1n) is 9.29. The topological polar surface area (TPSA) is 90.6 Å². The number of nitriles is 1. The molecule has 3 rings (SSSR count). The number of pyridine rings is 1. The Morgan fingerprint density at radius 2 is 2.11 bits per heavy atom. The molecule has 1 aromatic heterocycles. The molecule has 2 fully saturated rings. The molecular formula is C19H27Cl2N5O2. The summed E-state index contributed by atoms with van der Waals surface area (Å²) in [5, 5.41) is 16.5. The zero-order chi connectivity index (χ0) is 18.2. The van der Waals surface area contributed by atoms with E-state index < -0.39 is 0 Å². The van der Waals surface area contributed by atoms with Gasteiger partial charge in [-0.2, -0.15) is 5.26 Å². The smallest absolute Gasteiger partial charge is 0.237 e. The third kappa shape index (κ3) is 6.93. The minimum Gasteiger partial charge on any atom is -0.392 e. The summed E-state index contributed by atoms with van der Waals surface area (Å²) in [6, 6.07) is 7.94. The number of nitrogens with one attached hydrogen (secondary N) is 1. The number of hydrogen-bond acceptors (Lipinski definition) is 6. The Morgan fingerprint density at radius 3 is 2.79 bits per heavy atom. The number of halogens is 2. The number of carbonyl (C=O) groups is 1. The summed E-state index contributed by atoms with van der Waals surface area (Å²) < 4.78 is 0. The lowest BCUT2D eigenvalue weighted by atomic mass is 9.93. The van der Waals surface area contributed by atoms with Crippen LogP contribution in [0.25, 0.3) is 0 Å². The van der Waals surface area contributed by atoms with Crippen molar-refractivity contribution >= 4 is 36.9 Å². The third-order valence-corrected chi connectivity index (χ3v) is 5.02. The number of amides is 1. The van der Waals surface area contributed by atoms with Gasteiger partial charge in [-0.1, -0.05) is 11.2 Å². The van der Waals surface area contributed by atoms with E-state index in [1.165, 1.54) is 0 Å². The second kappa shape index (κ2) is 12.6. The van der Waals surface area contributed by atoms with Gasteiger partial charge in [0, 0.05) is 18.8 Å². The predicted molar refractivity (Wildman–Crippen MR) is 112 cm³/mol. The summed E-state index contributed by atoms with van der Waals surface area (Å²) in [6.45, 7) is 1.01. The highest BCUT2D eigenvalue weighted by Gasteiger charge is 2.29. The number of rotatable bonds is 6. The molecule has 28 heavy (non-hydrogen) atoms. The molecule has 1 aromatic rings. The van der Waals surface area contributed by atoms with Crippen LogP contribution < -0.4 is 5.32 Å². The lowest BCUT2D eigenvalue weighted by molar-refractivity contribution is -0.130. The van der Waals surface area contributed by atoms with Crippen molar-refractivity contribution in [2.75, 3.05) is 13.1 Å². The van der Waals surface area contributed by atoms with Gasteiger partial charge >= 0.3 is 0 Å². The number of carbonyl (C=O) groups excluding carboxylic acids is 1. The molecule has 1 N–H and O–H groups in total. The molecule has 2 aliphatic rings. The molecule has 1 saturated carbocycles. The van der Waals surface area contributed by atoms with Gasteiger partial charge in [0.25, 0.3) is 0 Å². The minimum atomic E-state index is -0.245. The zero-order valence-corrected chi connectivity index (χ0v) is 17.3. The molecule has 1 aliphatic heterocycles. The van der Waals surface area contributed by atoms with Gasteiger partial charge in [-0.05, 0) is 50.7 Å². The van der Waals surface area contributed by atoms with Crippen LogP contribution in [0.4, 0.5) is 0 Å². The van der Waals surface area contributed by atoms with Gasteiger partial charge in [0.1, 0.15) is 12.1 Å². The largest absolute Gasteiger partial charge is 0.392 e. The standard InChI is InChI=1S/C19H25N5O2.2ClH/c20-12-17-5-3-11-24(17)19(25)14-22-15-6-8-18(9-7-15)26-23-13-16-4-1-2-10-21-16;;/h1-2,4,10,13,15,17-18,22H,3,5-9,11,14H2;2*1H/b23-13+;;/t15?,17-,18?;;/m0../s1. The van der Waals surface area contributed by atoms with Crippen LogP contribution >= 0.6 is 24.8 Å². The fourth-order valence-electron chi connectivity index (χ4n) is 3.53. The molecule has 1 atom stereocenters. The first kappa shape index (κ1) is 24.2. The molecule has 1 aliphatic carbocycles. The van der Waals surface area contributed by atoms with Crippen LogP contribution in [0.15, 0.2) is 29.6 Å². The molecule has 0 aromatic carbocycles. The van der Waals surface area contributed by atoms with Crippen molar-refractivity contribution in [2.45, 2.75) is 56.7 Å². The first-order chi connectivity index (χ1) is 12.8. The SMILES string of the molecule is Cl.Cl.N#C[C@@H]1CCCN1C(=O)CNC1CCC(O/N=C/c2ccccn2)CC1. The van der Waals surface area contributed by atoms with E-state index in [1.807, 2.05) is 18.2 Å². The van der Waals surface area contributed by atoms with E-state index in [1.54, 1.807) is 17.3 Å². The highest BCUT2D eigenvalue weighted by atomic mass is 35.5. The van der Waals surface area contributed by atoms with Crippen molar-refractivity contribution in [3.05, 3.63) is 30.1 Å². The van der Waals surface area contributed by atoms with E-state index in [0.29, 0.717) is 19.1 Å². The van der Waals surface area contributed by atoms with E-state index in [0.717, 1.165) is 44.2 Å². The van der Waals surface area contributed by atoms with E-state index in [2.05, 4.69) is 21.5 Å². The van der Waals surface area contributed by atoms with Crippen LogP contribution in [-0.4, -0.2) is 53.3 Å². The van der Waals surface area contributed by atoms with Crippen LogP contribution in [0.1, 0.15) is 44.2 Å². The van der Waals surface area contributed by atoms with E-state index in [-0.39, 0.29) is 42.9 Å². The molecule has 154 valence electrons. The minimum absolute atomic E-state index is 0. The summed E-state index contributed by atoms with van der Waals surface area (Å²) in [6.07, 6.45) is 8.93. The Balaban J connectivity index is 0.00000196. The van der Waals surface area contributed by atoms with Crippen molar-refractivity contribution in [3.63, 3.8) is 0 Å². The maximum absolute atomic E-state index is 12.3. The number of likely N-dealkylation sites (tertiary alicyclic amines) is 1. The van der Waals surface area contributed by atoms with Crippen molar-refractivity contribution in [1.29, 1.82) is 5.26 Å². The maximum Gasteiger partial charge on any atom is 0.237 e. The summed E-state index contributed by atoms with van der Waals surface area (Å²) in [7, 11) is 0. The lowest BCUT2D eigenvalue weighted by Gasteiger charge is -2.28. The first-order valence-corrected chi connectivity index (χ1v) is 9.29. The average Bonchev–Trinajstić information content (AvgIpc) is 3.17. The normalized spacial score (nSPS) is 24.1. The monoisotopic (exact) mass is 427 g/mol. The quantitative estimate of drug-likeness (QED) is 0.556. The van der Waals surface area contributed by atoms with Crippen molar-refractivity contribution in [3.8, 4) is 6.07 Å². The third-order valence-electron chi connectivity index (χ3n) is 5.02. The summed E-state index contributed by atoms with van der Waals surface area (Å²) in [4.78, 5) is 23.7. The molecule has 0 unspecified atom stereocenters. The number of nitrogens with zero attached hydrogens (tertiary/aromatic N) is 4. The maximum atomic E-state index is 12.3. The number of aromatic nitrogens is 1. The average molecular weight is 428 g/mol. The molecular weight excluding hydrogens is 401 g/mol. The highest BCUT2D eigenvalue weighted by molar-refractivity contribution is 5.85. The summed E-state index contributed by atoms with van der Waals surface area (Å²) in [5.41, 5.74) is 0.777. The Labute approximate surface area is 178 Å². The molecule has 0 radical (unpaired) electrons. The molecule has 0 bridgehead atoms. The van der Waals surface area contributed by atoms with E-state index in [9.17, 15) is 4.79 Å². The Kier molecular flexibility index (Phi) is 10.8. The van der Waals surface area contributed by atoms with Crippen molar-refractivity contribution in [2.24, 2.45) is 5.16 Å². The van der Waals surface area contributed by atoms with Crippen LogP contribution in [0.2, 0.25) is 0 Å². The van der Waals surface area contributed by atoms with Gasteiger partial charge in [-0.25, -0.2) is 0 Å². The summed E-state index contributed by atoms with van der Waals surface area (Å²) >= 11 is 0. The van der Waals surface area contributed by atoms with E-state index in [4.69, 9.17) is 10.1 Å². The molecule has 1 saturated heterocycles. The Hall–Kier alpha value is -1.88. The van der Waals surface area contributed by atoms with Crippen LogP contribution in [0.3, 0.4) is 0 Å². The van der Waals surface area contributed by atoms with Gasteiger partial charge in [0.15, 0.2) is 0 Å².